The Morgan fingerprint density at radius 1 is 1.18 bits per heavy atom. The number of anilines is 1. The highest BCUT2D eigenvalue weighted by molar-refractivity contribution is 5.88. The molecule has 0 atom stereocenters. The van der Waals surface area contributed by atoms with E-state index in [1.165, 1.54) is 24.4 Å². The molecule has 0 bridgehead atoms. The van der Waals surface area contributed by atoms with E-state index in [1.54, 1.807) is 12.1 Å². The molecule has 0 spiro atoms. The molecule has 0 aliphatic carbocycles. The molecule has 4 N–H and O–H groups in total. The van der Waals surface area contributed by atoms with E-state index in [0.29, 0.717) is 5.56 Å². The summed E-state index contributed by atoms with van der Waals surface area (Å²) in [6, 6.07) is 7.76. The zero-order chi connectivity index (χ0) is 12.4. The maximum Gasteiger partial charge on any atom is 0.335 e. The van der Waals surface area contributed by atoms with Crippen LogP contribution in [0.1, 0.15) is 10.4 Å². The van der Waals surface area contributed by atoms with Crippen molar-refractivity contribution in [2.24, 2.45) is 0 Å². The number of rotatable bonds is 2. The van der Waals surface area contributed by atoms with Crippen LogP contribution in [0.5, 0.6) is 5.75 Å². The van der Waals surface area contributed by atoms with E-state index >= 15 is 0 Å². The first-order chi connectivity index (χ1) is 8.08. The van der Waals surface area contributed by atoms with Crippen LogP contribution in [0, 0.1) is 0 Å². The third-order valence-electron chi connectivity index (χ3n) is 2.36. The number of aromatic carboxylic acids is 1. The van der Waals surface area contributed by atoms with E-state index in [9.17, 15) is 9.90 Å². The van der Waals surface area contributed by atoms with E-state index in [2.05, 4.69) is 4.98 Å². The predicted octanol–water partition coefficient (Wildman–Crippen LogP) is 1.73. The SMILES string of the molecule is Nc1ncc(-c2ccc(C(=O)O)cc2)cc1O. The van der Waals surface area contributed by atoms with Crippen LogP contribution in [0.25, 0.3) is 11.1 Å². The standard InChI is InChI=1S/C12H10N2O3/c13-11-10(15)5-9(6-14-11)7-1-3-8(4-2-7)12(16)17/h1-6,15H,(H2,13,14)(H,16,17). The molecular weight excluding hydrogens is 220 g/mol. The molecule has 0 radical (unpaired) electrons. The molecule has 5 nitrogen and oxygen atoms in total. The molecule has 0 fully saturated rings. The summed E-state index contributed by atoms with van der Waals surface area (Å²) in [7, 11) is 0. The van der Waals surface area contributed by atoms with Crippen molar-refractivity contribution in [2.45, 2.75) is 0 Å². The molecule has 0 saturated heterocycles. The lowest BCUT2D eigenvalue weighted by Crippen LogP contribution is -1.95. The molecule has 0 aliphatic rings. The van der Waals surface area contributed by atoms with Crippen molar-refractivity contribution in [1.82, 2.24) is 4.98 Å². The number of aromatic hydroxyl groups is 1. The highest BCUT2D eigenvalue weighted by Gasteiger charge is 2.05. The second kappa shape index (κ2) is 4.13. The number of pyridine rings is 1. The summed E-state index contributed by atoms with van der Waals surface area (Å²) in [5.74, 6) is -1.00. The van der Waals surface area contributed by atoms with E-state index < -0.39 is 5.97 Å². The van der Waals surface area contributed by atoms with Gasteiger partial charge in [-0.25, -0.2) is 9.78 Å². The van der Waals surface area contributed by atoms with E-state index in [1.807, 2.05) is 0 Å². The Labute approximate surface area is 97.2 Å². The van der Waals surface area contributed by atoms with Gasteiger partial charge in [-0.2, -0.15) is 0 Å². The molecule has 1 heterocycles. The number of nitrogens with two attached hydrogens (primary N) is 1. The second-order valence-electron chi connectivity index (χ2n) is 3.51. The fourth-order valence-electron chi connectivity index (χ4n) is 1.43. The quantitative estimate of drug-likeness (QED) is 0.730. The van der Waals surface area contributed by atoms with Crippen LogP contribution < -0.4 is 5.73 Å². The number of carboxylic acid groups (broad SMARTS) is 1. The molecule has 1 aromatic carbocycles. The lowest BCUT2D eigenvalue weighted by Gasteiger charge is -2.04. The van der Waals surface area contributed by atoms with Gasteiger partial charge in [-0.3, -0.25) is 0 Å². The van der Waals surface area contributed by atoms with Crippen molar-refractivity contribution in [3.63, 3.8) is 0 Å². The van der Waals surface area contributed by atoms with Crippen LogP contribution >= 0.6 is 0 Å². The summed E-state index contributed by atoms with van der Waals surface area (Å²) < 4.78 is 0. The van der Waals surface area contributed by atoms with Crippen molar-refractivity contribution in [3.05, 3.63) is 42.1 Å². The minimum atomic E-state index is -0.977. The summed E-state index contributed by atoms with van der Waals surface area (Å²) in [5, 5.41) is 18.2. The summed E-state index contributed by atoms with van der Waals surface area (Å²) in [6.07, 6.45) is 1.52. The first kappa shape index (κ1) is 10.9. The summed E-state index contributed by atoms with van der Waals surface area (Å²) >= 11 is 0. The Morgan fingerprint density at radius 2 is 1.82 bits per heavy atom. The predicted molar refractivity (Wildman–Crippen MR) is 62.7 cm³/mol. The van der Waals surface area contributed by atoms with Crippen LogP contribution in [0.15, 0.2) is 36.5 Å². The molecule has 5 heteroatoms. The zero-order valence-corrected chi connectivity index (χ0v) is 8.79. The summed E-state index contributed by atoms with van der Waals surface area (Å²) in [6.45, 7) is 0. The number of benzene rings is 1. The monoisotopic (exact) mass is 230 g/mol. The maximum absolute atomic E-state index is 10.7. The molecule has 0 saturated carbocycles. The van der Waals surface area contributed by atoms with Gasteiger partial charge in [0, 0.05) is 11.8 Å². The fraction of sp³-hybridized carbons (Fsp3) is 0. The van der Waals surface area contributed by atoms with Gasteiger partial charge in [0.25, 0.3) is 0 Å². The Balaban J connectivity index is 2.39. The molecule has 0 aliphatic heterocycles. The van der Waals surface area contributed by atoms with E-state index in [4.69, 9.17) is 10.8 Å². The van der Waals surface area contributed by atoms with Gasteiger partial charge in [0.15, 0.2) is 11.6 Å². The van der Waals surface area contributed by atoms with Gasteiger partial charge in [-0.05, 0) is 23.8 Å². The third kappa shape index (κ3) is 2.17. The van der Waals surface area contributed by atoms with Crippen LogP contribution in [-0.4, -0.2) is 21.2 Å². The molecule has 0 amide bonds. The van der Waals surface area contributed by atoms with Gasteiger partial charge in [-0.15, -0.1) is 0 Å². The smallest absolute Gasteiger partial charge is 0.335 e. The lowest BCUT2D eigenvalue weighted by atomic mass is 10.1. The van der Waals surface area contributed by atoms with Gasteiger partial charge in [0.2, 0.25) is 0 Å². The number of aromatic nitrogens is 1. The van der Waals surface area contributed by atoms with Crippen molar-refractivity contribution >= 4 is 11.8 Å². The van der Waals surface area contributed by atoms with Crippen molar-refractivity contribution < 1.29 is 15.0 Å². The summed E-state index contributed by atoms with van der Waals surface area (Å²) in [4.78, 5) is 14.5. The molecule has 1 aromatic heterocycles. The third-order valence-corrected chi connectivity index (χ3v) is 2.36. The van der Waals surface area contributed by atoms with E-state index in [0.717, 1.165) is 5.56 Å². The van der Waals surface area contributed by atoms with Gasteiger partial charge >= 0.3 is 5.97 Å². The highest BCUT2D eigenvalue weighted by atomic mass is 16.4. The largest absolute Gasteiger partial charge is 0.504 e. The molecule has 2 rings (SSSR count). The van der Waals surface area contributed by atoms with Gasteiger partial charge in [0.1, 0.15) is 0 Å². The highest BCUT2D eigenvalue weighted by Crippen LogP contribution is 2.25. The molecule has 17 heavy (non-hydrogen) atoms. The van der Waals surface area contributed by atoms with Crippen molar-refractivity contribution in [3.8, 4) is 16.9 Å². The Bertz CT molecular complexity index is 564. The van der Waals surface area contributed by atoms with Crippen LogP contribution in [-0.2, 0) is 0 Å². The minimum absolute atomic E-state index is 0.0657. The number of carbonyl (C=O) groups is 1. The average Bonchev–Trinajstić information content (AvgIpc) is 2.33. The number of hydrogen-bond donors (Lipinski definition) is 3. The zero-order valence-electron chi connectivity index (χ0n) is 8.79. The molecule has 0 unspecified atom stereocenters. The number of nitrogens with zero attached hydrogens (tertiary/aromatic N) is 1. The molecular formula is C12H10N2O3. The van der Waals surface area contributed by atoms with Crippen LogP contribution in [0.3, 0.4) is 0 Å². The number of carboxylic acids is 1. The van der Waals surface area contributed by atoms with Gasteiger partial charge in [-0.1, -0.05) is 12.1 Å². The Hall–Kier alpha value is -2.56. The Kier molecular flexibility index (Phi) is 2.66. The van der Waals surface area contributed by atoms with Crippen LogP contribution in [0.2, 0.25) is 0 Å². The normalized spacial score (nSPS) is 10.1. The van der Waals surface area contributed by atoms with Crippen LogP contribution in [0.4, 0.5) is 5.82 Å². The second-order valence-corrected chi connectivity index (χ2v) is 3.51. The molecule has 86 valence electrons. The maximum atomic E-state index is 10.7. The average molecular weight is 230 g/mol. The fourth-order valence-corrected chi connectivity index (χ4v) is 1.43. The number of hydrogen-bond acceptors (Lipinski definition) is 4. The van der Waals surface area contributed by atoms with Crippen molar-refractivity contribution in [1.29, 1.82) is 0 Å². The number of nitrogen functional groups attached to an aromatic ring is 1. The Morgan fingerprint density at radius 3 is 2.35 bits per heavy atom. The van der Waals surface area contributed by atoms with E-state index in [-0.39, 0.29) is 17.1 Å². The van der Waals surface area contributed by atoms with Gasteiger partial charge < -0.3 is 15.9 Å². The first-order valence-corrected chi connectivity index (χ1v) is 4.86. The van der Waals surface area contributed by atoms with Crippen molar-refractivity contribution in [2.75, 3.05) is 5.73 Å². The topological polar surface area (TPSA) is 96.4 Å². The first-order valence-electron chi connectivity index (χ1n) is 4.86. The van der Waals surface area contributed by atoms with Gasteiger partial charge in [0.05, 0.1) is 5.56 Å². The molecule has 2 aromatic rings. The lowest BCUT2D eigenvalue weighted by molar-refractivity contribution is 0.0697. The summed E-state index contributed by atoms with van der Waals surface area (Å²) in [5.41, 5.74) is 7.04. The minimum Gasteiger partial charge on any atom is -0.504 e.